The lowest BCUT2D eigenvalue weighted by Crippen LogP contribution is -2.47. The van der Waals surface area contributed by atoms with Crippen LogP contribution >= 0.6 is 0 Å². The van der Waals surface area contributed by atoms with E-state index in [1.807, 2.05) is 26.0 Å². The molecule has 1 aliphatic heterocycles. The maximum absolute atomic E-state index is 11.6. The summed E-state index contributed by atoms with van der Waals surface area (Å²) in [6, 6.07) is 8.12. The lowest BCUT2D eigenvalue weighted by atomic mass is 10.2. The Morgan fingerprint density at radius 1 is 1.08 bits per heavy atom. The maximum atomic E-state index is 11.6. The summed E-state index contributed by atoms with van der Waals surface area (Å²) in [7, 11) is 1.67. The minimum Gasteiger partial charge on any atom is -0.497 e. The molecule has 0 radical (unpaired) electrons. The zero-order chi connectivity index (χ0) is 18.9. The zero-order valence-corrected chi connectivity index (χ0v) is 16.0. The standard InChI is InChI=1S/C19H30N4O3/c1-15(2)21-19(25)18(24)20-9-4-10-22-11-13-23(14-12-22)16-5-7-17(26-3)8-6-16/h5-8,15H,4,9-14H2,1-3H3,(H,20,24)(H,21,25). The van der Waals surface area contributed by atoms with Gasteiger partial charge >= 0.3 is 11.8 Å². The van der Waals surface area contributed by atoms with Gasteiger partial charge in [0.15, 0.2) is 0 Å². The Kier molecular flexibility index (Phi) is 7.72. The third-order valence-corrected chi connectivity index (χ3v) is 4.37. The van der Waals surface area contributed by atoms with Crippen molar-refractivity contribution in [1.82, 2.24) is 15.5 Å². The highest BCUT2D eigenvalue weighted by atomic mass is 16.5. The first-order valence-electron chi connectivity index (χ1n) is 9.19. The Labute approximate surface area is 155 Å². The van der Waals surface area contributed by atoms with Crippen LogP contribution in [0.2, 0.25) is 0 Å². The Morgan fingerprint density at radius 3 is 2.31 bits per heavy atom. The number of anilines is 1. The second-order valence-electron chi connectivity index (χ2n) is 6.76. The molecule has 2 amide bonds. The number of nitrogens with zero attached hydrogens (tertiary/aromatic N) is 2. The molecule has 0 bridgehead atoms. The van der Waals surface area contributed by atoms with Crippen molar-refractivity contribution in [1.29, 1.82) is 0 Å². The van der Waals surface area contributed by atoms with E-state index in [1.165, 1.54) is 5.69 Å². The molecule has 0 spiro atoms. The Balaban J connectivity index is 1.63. The van der Waals surface area contributed by atoms with Gasteiger partial charge in [-0.05, 0) is 51.1 Å². The van der Waals surface area contributed by atoms with Gasteiger partial charge in [0.25, 0.3) is 0 Å². The predicted octanol–water partition coefficient (Wildman–Crippen LogP) is 0.848. The van der Waals surface area contributed by atoms with Gasteiger partial charge in [0.05, 0.1) is 7.11 Å². The number of hydrogen-bond donors (Lipinski definition) is 2. The summed E-state index contributed by atoms with van der Waals surface area (Å²) in [4.78, 5) is 27.9. The molecule has 0 aliphatic carbocycles. The number of carbonyl (C=O) groups is 2. The molecule has 0 unspecified atom stereocenters. The molecule has 7 nitrogen and oxygen atoms in total. The molecule has 1 saturated heterocycles. The lowest BCUT2D eigenvalue weighted by Gasteiger charge is -2.36. The number of methoxy groups -OCH3 is 1. The summed E-state index contributed by atoms with van der Waals surface area (Å²) in [5.41, 5.74) is 1.22. The smallest absolute Gasteiger partial charge is 0.309 e. The highest BCUT2D eigenvalue weighted by Crippen LogP contribution is 2.20. The third kappa shape index (κ3) is 6.22. The number of amides is 2. The van der Waals surface area contributed by atoms with Crippen LogP contribution in [0.1, 0.15) is 20.3 Å². The van der Waals surface area contributed by atoms with Gasteiger partial charge in [0, 0.05) is 44.5 Å². The summed E-state index contributed by atoms with van der Waals surface area (Å²) in [5.74, 6) is -0.243. The van der Waals surface area contributed by atoms with Crippen LogP contribution in [0.4, 0.5) is 5.69 Å². The topological polar surface area (TPSA) is 73.9 Å². The molecule has 144 valence electrons. The van der Waals surface area contributed by atoms with Gasteiger partial charge in [-0.15, -0.1) is 0 Å². The van der Waals surface area contributed by atoms with Crippen molar-refractivity contribution in [2.75, 3.05) is 51.3 Å². The highest BCUT2D eigenvalue weighted by molar-refractivity contribution is 6.35. The molecular formula is C19H30N4O3. The van der Waals surface area contributed by atoms with Gasteiger partial charge in [0.1, 0.15) is 5.75 Å². The number of ether oxygens (including phenoxy) is 1. The Bertz CT molecular complexity index is 581. The first kappa shape index (κ1) is 20.0. The van der Waals surface area contributed by atoms with Gasteiger partial charge in [0.2, 0.25) is 0 Å². The van der Waals surface area contributed by atoms with Crippen LogP contribution in [-0.4, -0.2) is 69.1 Å². The average Bonchev–Trinajstić information content (AvgIpc) is 2.65. The van der Waals surface area contributed by atoms with Crippen LogP contribution in [-0.2, 0) is 9.59 Å². The third-order valence-electron chi connectivity index (χ3n) is 4.37. The number of piperazine rings is 1. The van der Waals surface area contributed by atoms with Crippen LogP contribution in [0.3, 0.4) is 0 Å². The van der Waals surface area contributed by atoms with Crippen LogP contribution < -0.4 is 20.3 Å². The zero-order valence-electron chi connectivity index (χ0n) is 16.0. The van der Waals surface area contributed by atoms with Gasteiger partial charge in [-0.1, -0.05) is 0 Å². The van der Waals surface area contributed by atoms with Crippen molar-refractivity contribution in [2.45, 2.75) is 26.3 Å². The second kappa shape index (κ2) is 10.0. The summed E-state index contributed by atoms with van der Waals surface area (Å²) in [6.07, 6.45) is 0.837. The second-order valence-corrected chi connectivity index (χ2v) is 6.76. The first-order valence-corrected chi connectivity index (χ1v) is 9.19. The summed E-state index contributed by atoms with van der Waals surface area (Å²) in [5, 5.41) is 5.26. The monoisotopic (exact) mass is 362 g/mol. The highest BCUT2D eigenvalue weighted by Gasteiger charge is 2.17. The van der Waals surface area contributed by atoms with Crippen LogP contribution in [0, 0.1) is 0 Å². The molecule has 1 aliphatic rings. The van der Waals surface area contributed by atoms with Gasteiger partial charge in [-0.2, -0.15) is 0 Å². The summed E-state index contributed by atoms with van der Waals surface area (Å²) < 4.78 is 5.20. The summed E-state index contributed by atoms with van der Waals surface area (Å²) >= 11 is 0. The Morgan fingerprint density at radius 2 is 1.73 bits per heavy atom. The van der Waals surface area contributed by atoms with E-state index in [9.17, 15) is 9.59 Å². The van der Waals surface area contributed by atoms with E-state index in [4.69, 9.17) is 4.74 Å². The van der Waals surface area contributed by atoms with E-state index in [-0.39, 0.29) is 6.04 Å². The molecular weight excluding hydrogens is 332 g/mol. The van der Waals surface area contributed by atoms with Crippen molar-refractivity contribution in [3.05, 3.63) is 24.3 Å². The number of carbonyl (C=O) groups excluding carboxylic acids is 2. The molecule has 1 fully saturated rings. The fraction of sp³-hybridized carbons (Fsp3) is 0.579. The molecule has 2 rings (SSSR count). The fourth-order valence-corrected chi connectivity index (χ4v) is 2.94. The number of nitrogens with one attached hydrogen (secondary N) is 2. The maximum Gasteiger partial charge on any atom is 0.309 e. The van der Waals surface area contributed by atoms with E-state index >= 15 is 0 Å². The SMILES string of the molecule is COc1ccc(N2CCN(CCCNC(=O)C(=O)NC(C)C)CC2)cc1. The minimum atomic E-state index is -0.562. The fourth-order valence-electron chi connectivity index (χ4n) is 2.94. The van der Waals surface area contributed by atoms with Gasteiger partial charge in [-0.25, -0.2) is 0 Å². The van der Waals surface area contributed by atoms with Gasteiger partial charge in [-0.3, -0.25) is 14.5 Å². The molecule has 0 aromatic heterocycles. The molecule has 0 atom stereocenters. The molecule has 1 aromatic rings. The van der Waals surface area contributed by atoms with Gasteiger partial charge < -0.3 is 20.3 Å². The molecule has 1 heterocycles. The Hall–Kier alpha value is -2.28. The molecule has 1 aromatic carbocycles. The first-order chi connectivity index (χ1) is 12.5. The van der Waals surface area contributed by atoms with E-state index in [2.05, 4.69) is 32.6 Å². The normalized spacial score (nSPS) is 15.0. The number of benzene rings is 1. The minimum absolute atomic E-state index is 0.0322. The molecule has 26 heavy (non-hydrogen) atoms. The van der Waals surface area contributed by atoms with E-state index in [0.29, 0.717) is 6.54 Å². The number of rotatable bonds is 7. The van der Waals surface area contributed by atoms with Crippen molar-refractivity contribution in [3.8, 4) is 5.75 Å². The van der Waals surface area contributed by atoms with Crippen LogP contribution in [0.25, 0.3) is 0 Å². The van der Waals surface area contributed by atoms with Crippen molar-refractivity contribution < 1.29 is 14.3 Å². The molecule has 2 N–H and O–H groups in total. The predicted molar refractivity (Wildman–Crippen MR) is 103 cm³/mol. The lowest BCUT2D eigenvalue weighted by molar-refractivity contribution is -0.139. The quantitative estimate of drug-likeness (QED) is 0.556. The van der Waals surface area contributed by atoms with E-state index in [1.54, 1.807) is 7.11 Å². The summed E-state index contributed by atoms with van der Waals surface area (Å²) in [6.45, 7) is 9.05. The van der Waals surface area contributed by atoms with Crippen molar-refractivity contribution in [3.63, 3.8) is 0 Å². The molecule has 0 saturated carbocycles. The molecule has 7 heteroatoms. The van der Waals surface area contributed by atoms with E-state index in [0.717, 1.165) is 44.9 Å². The largest absolute Gasteiger partial charge is 0.497 e. The average molecular weight is 362 g/mol. The van der Waals surface area contributed by atoms with Crippen molar-refractivity contribution in [2.24, 2.45) is 0 Å². The van der Waals surface area contributed by atoms with E-state index < -0.39 is 11.8 Å². The van der Waals surface area contributed by atoms with Crippen LogP contribution in [0.15, 0.2) is 24.3 Å². The van der Waals surface area contributed by atoms with Crippen molar-refractivity contribution >= 4 is 17.5 Å². The van der Waals surface area contributed by atoms with Crippen LogP contribution in [0.5, 0.6) is 5.75 Å². The number of hydrogen-bond acceptors (Lipinski definition) is 5.